The zero-order valence-corrected chi connectivity index (χ0v) is 19.3. The number of benzene rings is 2. The van der Waals surface area contributed by atoms with E-state index in [1.165, 1.54) is 14.1 Å². The molecule has 0 aliphatic carbocycles. The number of nitrogens with zero attached hydrogens (tertiary/aromatic N) is 2. The molecule has 0 radical (unpaired) electrons. The smallest absolute Gasteiger partial charge is 0.246 e. The summed E-state index contributed by atoms with van der Waals surface area (Å²) in [5.74, 6) is 0.823. The predicted octanol–water partition coefficient (Wildman–Crippen LogP) is 4.63. The number of anilines is 1. The zero-order valence-electron chi connectivity index (χ0n) is 18.5. The molecule has 30 heavy (non-hydrogen) atoms. The molecule has 0 bridgehead atoms. The highest BCUT2D eigenvalue weighted by Gasteiger charge is 2.26. The number of sulfonamides is 1. The first kappa shape index (κ1) is 24.2. The molecule has 6 nitrogen and oxygen atoms in total. The molecular weight excluding hydrogens is 400 g/mol. The molecule has 1 N–H and O–H groups in total. The van der Waals surface area contributed by atoms with Gasteiger partial charge in [0, 0.05) is 44.5 Å². The van der Waals surface area contributed by atoms with Crippen molar-refractivity contribution in [2.45, 2.75) is 51.0 Å². The van der Waals surface area contributed by atoms with Crippen LogP contribution in [0.4, 0.5) is 5.69 Å². The van der Waals surface area contributed by atoms with Crippen LogP contribution in [0, 0.1) is 0 Å². The van der Waals surface area contributed by atoms with Gasteiger partial charge in [-0.15, -0.1) is 0 Å². The Morgan fingerprint density at radius 3 is 2.07 bits per heavy atom. The van der Waals surface area contributed by atoms with Crippen LogP contribution in [-0.4, -0.2) is 45.0 Å². The van der Waals surface area contributed by atoms with E-state index >= 15 is 0 Å². The highest BCUT2D eigenvalue weighted by atomic mass is 32.2. The van der Waals surface area contributed by atoms with Gasteiger partial charge in [0.2, 0.25) is 10.0 Å². The van der Waals surface area contributed by atoms with Crippen molar-refractivity contribution in [3.8, 4) is 11.5 Å². The third-order valence-corrected chi connectivity index (χ3v) is 6.79. The first-order valence-electron chi connectivity index (χ1n) is 10.5. The Kier molecular flexibility index (Phi) is 9.14. The molecule has 2 aromatic carbocycles. The van der Waals surface area contributed by atoms with Gasteiger partial charge >= 0.3 is 0 Å². The van der Waals surface area contributed by atoms with Gasteiger partial charge in [-0.1, -0.05) is 44.9 Å². The molecule has 0 atom stereocenters. The van der Waals surface area contributed by atoms with Crippen molar-refractivity contribution in [3.63, 3.8) is 0 Å². The topological polar surface area (TPSA) is 70.1 Å². The molecule has 0 unspecified atom stereocenters. The van der Waals surface area contributed by atoms with Crippen molar-refractivity contribution < 1.29 is 18.3 Å². The van der Waals surface area contributed by atoms with Crippen molar-refractivity contribution in [3.05, 3.63) is 48.0 Å². The van der Waals surface area contributed by atoms with E-state index in [-0.39, 0.29) is 17.3 Å². The van der Waals surface area contributed by atoms with Crippen LogP contribution in [0.25, 0.3) is 0 Å². The number of ether oxygens (including phenoxy) is 1. The maximum absolute atomic E-state index is 13.0. The predicted molar refractivity (Wildman–Crippen MR) is 122 cm³/mol. The minimum Gasteiger partial charge on any atom is -0.456 e. The average molecular weight is 435 g/mol. The summed E-state index contributed by atoms with van der Waals surface area (Å²) in [4.78, 5) is 2.28. The van der Waals surface area contributed by atoms with Crippen LogP contribution in [0.3, 0.4) is 0 Å². The van der Waals surface area contributed by atoms with Gasteiger partial charge in [-0.25, -0.2) is 12.7 Å². The van der Waals surface area contributed by atoms with E-state index in [0.29, 0.717) is 11.3 Å². The van der Waals surface area contributed by atoms with E-state index in [2.05, 4.69) is 18.7 Å². The Balaban J connectivity index is 2.63. The molecule has 0 fully saturated rings. The fraction of sp³-hybridized carbons (Fsp3) is 0.478. The van der Waals surface area contributed by atoms with Gasteiger partial charge < -0.3 is 14.7 Å². The van der Waals surface area contributed by atoms with Crippen LogP contribution in [-0.2, 0) is 16.6 Å². The minimum absolute atomic E-state index is 0.0510. The summed E-state index contributed by atoms with van der Waals surface area (Å²) >= 11 is 0. The van der Waals surface area contributed by atoms with E-state index in [4.69, 9.17) is 4.74 Å². The van der Waals surface area contributed by atoms with Crippen LogP contribution < -0.4 is 9.64 Å². The fourth-order valence-electron chi connectivity index (χ4n) is 3.16. The standard InChI is InChI=1S/C23H34N2O4S/c1-5-7-14-25(15-8-6-2)21-17-22(29-20-12-10-9-11-13-20)23(16-19(21)18-26)30(27,28)24(3)4/h9-13,16-17,26H,5-8,14-15,18H2,1-4H3. The van der Waals surface area contributed by atoms with Gasteiger partial charge in [-0.3, -0.25) is 0 Å². The van der Waals surface area contributed by atoms with Crippen molar-refractivity contribution in [1.82, 2.24) is 4.31 Å². The van der Waals surface area contributed by atoms with Crippen molar-refractivity contribution >= 4 is 15.7 Å². The Hall–Kier alpha value is -2.09. The van der Waals surface area contributed by atoms with Crippen LogP contribution in [0.1, 0.15) is 45.1 Å². The lowest BCUT2D eigenvalue weighted by atomic mass is 10.1. The molecule has 0 aromatic heterocycles. The maximum atomic E-state index is 13.0. The quantitative estimate of drug-likeness (QED) is 0.527. The monoisotopic (exact) mass is 434 g/mol. The van der Waals surface area contributed by atoms with Gasteiger partial charge in [-0.2, -0.15) is 0 Å². The average Bonchev–Trinajstić information content (AvgIpc) is 2.74. The highest BCUT2D eigenvalue weighted by molar-refractivity contribution is 7.89. The van der Waals surface area contributed by atoms with E-state index in [1.807, 2.05) is 18.2 Å². The van der Waals surface area contributed by atoms with Gasteiger partial charge in [0.25, 0.3) is 0 Å². The summed E-state index contributed by atoms with van der Waals surface area (Å²) in [7, 11) is -0.780. The second-order valence-electron chi connectivity index (χ2n) is 7.48. The third kappa shape index (κ3) is 5.97. The number of hydrogen-bond acceptors (Lipinski definition) is 5. The van der Waals surface area contributed by atoms with Gasteiger partial charge in [0.15, 0.2) is 0 Å². The molecule has 7 heteroatoms. The van der Waals surface area contributed by atoms with Crippen LogP contribution in [0.2, 0.25) is 0 Å². The zero-order chi connectivity index (χ0) is 22.1. The normalized spacial score (nSPS) is 11.7. The van der Waals surface area contributed by atoms with E-state index in [9.17, 15) is 13.5 Å². The summed E-state index contributed by atoms with van der Waals surface area (Å²) < 4.78 is 33.2. The lowest BCUT2D eigenvalue weighted by Crippen LogP contribution is -2.28. The summed E-state index contributed by atoms with van der Waals surface area (Å²) in [6, 6.07) is 12.5. The molecule has 0 aliphatic rings. The summed E-state index contributed by atoms with van der Waals surface area (Å²) in [5, 5.41) is 10.1. The molecule has 0 spiro atoms. The number of aliphatic hydroxyl groups is 1. The number of unbranched alkanes of at least 4 members (excludes halogenated alkanes) is 2. The molecule has 0 amide bonds. The van der Waals surface area contributed by atoms with Crippen LogP contribution >= 0.6 is 0 Å². The maximum Gasteiger partial charge on any atom is 0.246 e. The lowest BCUT2D eigenvalue weighted by molar-refractivity contribution is 0.281. The largest absolute Gasteiger partial charge is 0.456 e. The lowest BCUT2D eigenvalue weighted by Gasteiger charge is -2.28. The summed E-state index contributed by atoms with van der Waals surface area (Å²) in [5.41, 5.74) is 1.41. The fourth-order valence-corrected chi connectivity index (χ4v) is 4.20. The van der Waals surface area contributed by atoms with Gasteiger partial charge in [-0.05, 0) is 31.0 Å². The van der Waals surface area contributed by atoms with E-state index in [1.54, 1.807) is 24.3 Å². The Labute approximate surface area is 181 Å². The molecule has 0 saturated carbocycles. The van der Waals surface area contributed by atoms with Crippen LogP contribution in [0.15, 0.2) is 47.4 Å². The number of aliphatic hydroxyl groups excluding tert-OH is 1. The van der Waals surface area contributed by atoms with E-state index < -0.39 is 10.0 Å². The Bertz CT molecular complexity index is 891. The molecule has 2 aromatic rings. The SMILES string of the molecule is CCCCN(CCCC)c1cc(Oc2ccccc2)c(S(=O)(=O)N(C)C)cc1CO. The first-order valence-corrected chi connectivity index (χ1v) is 12.0. The van der Waals surface area contributed by atoms with Gasteiger partial charge in [0.1, 0.15) is 16.4 Å². The Morgan fingerprint density at radius 1 is 0.967 bits per heavy atom. The van der Waals surface area contributed by atoms with Crippen LogP contribution in [0.5, 0.6) is 11.5 Å². The molecule has 0 saturated heterocycles. The molecule has 166 valence electrons. The molecule has 2 rings (SSSR count). The number of para-hydroxylation sites is 1. The second-order valence-corrected chi connectivity index (χ2v) is 9.60. The van der Waals surface area contributed by atoms with Crippen molar-refractivity contribution in [1.29, 1.82) is 0 Å². The van der Waals surface area contributed by atoms with Crippen molar-refractivity contribution in [2.24, 2.45) is 0 Å². The molecule has 0 heterocycles. The highest BCUT2D eigenvalue weighted by Crippen LogP contribution is 2.37. The van der Waals surface area contributed by atoms with E-state index in [0.717, 1.165) is 48.8 Å². The summed E-state index contributed by atoms with van der Waals surface area (Å²) in [6.07, 6.45) is 4.14. The van der Waals surface area contributed by atoms with Crippen molar-refractivity contribution in [2.75, 3.05) is 32.1 Å². The third-order valence-electron chi connectivity index (χ3n) is 4.95. The second kappa shape index (κ2) is 11.3. The number of hydrogen-bond donors (Lipinski definition) is 1. The van der Waals surface area contributed by atoms with Gasteiger partial charge in [0.05, 0.1) is 6.61 Å². The molecular formula is C23H34N2O4S. The minimum atomic E-state index is -3.76. The number of rotatable bonds is 12. The molecule has 0 aliphatic heterocycles. The summed E-state index contributed by atoms with van der Waals surface area (Å²) in [6.45, 7) is 5.72. The first-order chi connectivity index (χ1) is 14.3. The Morgan fingerprint density at radius 2 is 1.57 bits per heavy atom.